The Kier molecular flexibility index (Phi) is 6.62. The Labute approximate surface area is 196 Å². The zero-order chi connectivity index (χ0) is 23.8. The Morgan fingerprint density at radius 2 is 1.91 bits per heavy atom. The molecule has 1 aromatic carbocycles. The number of methoxy groups -OCH3 is 1. The maximum absolute atomic E-state index is 13.3. The van der Waals surface area contributed by atoms with Gasteiger partial charge in [-0.05, 0) is 55.5 Å². The number of ether oxygens (including phenoxy) is 2. The van der Waals surface area contributed by atoms with Gasteiger partial charge < -0.3 is 14.0 Å². The first kappa shape index (κ1) is 23.9. The number of imidazole rings is 1. The lowest BCUT2D eigenvalue weighted by Gasteiger charge is -2.26. The topological polar surface area (TPSA) is 83.3 Å². The predicted molar refractivity (Wildman–Crippen MR) is 127 cm³/mol. The highest BCUT2D eigenvalue weighted by molar-refractivity contribution is 7.91. The van der Waals surface area contributed by atoms with Gasteiger partial charge in [-0.15, -0.1) is 0 Å². The van der Waals surface area contributed by atoms with Gasteiger partial charge in [0.2, 0.25) is 9.84 Å². The summed E-state index contributed by atoms with van der Waals surface area (Å²) in [4.78, 5) is 9.31. The molecule has 33 heavy (non-hydrogen) atoms. The van der Waals surface area contributed by atoms with Crippen LogP contribution in [0.25, 0.3) is 11.0 Å². The summed E-state index contributed by atoms with van der Waals surface area (Å²) in [6.45, 7) is 10.7. The number of hydrogen-bond donors (Lipinski definition) is 0. The number of benzene rings is 1. The van der Waals surface area contributed by atoms with Crippen LogP contribution >= 0.6 is 0 Å². The van der Waals surface area contributed by atoms with Crippen LogP contribution in [0.1, 0.15) is 58.0 Å². The second kappa shape index (κ2) is 9.16. The first-order valence-electron chi connectivity index (χ1n) is 11.4. The lowest BCUT2D eigenvalue weighted by atomic mass is 9.94. The van der Waals surface area contributed by atoms with E-state index in [1.54, 1.807) is 31.5 Å². The molecule has 0 saturated carbocycles. The van der Waals surface area contributed by atoms with E-state index in [1.165, 1.54) is 6.07 Å². The molecule has 3 heterocycles. The minimum Gasteiger partial charge on any atom is -0.381 e. The van der Waals surface area contributed by atoms with Crippen molar-refractivity contribution in [3.05, 3.63) is 47.9 Å². The number of fused-ring (bicyclic) bond motifs is 1. The average Bonchev–Trinajstić information content (AvgIpc) is 3.17. The summed E-state index contributed by atoms with van der Waals surface area (Å²) in [5.74, 6) is 1.49. The molecule has 4 rings (SSSR count). The fourth-order valence-electron chi connectivity index (χ4n) is 4.27. The molecule has 0 amide bonds. The highest BCUT2D eigenvalue weighted by atomic mass is 32.2. The first-order chi connectivity index (χ1) is 15.6. The lowest BCUT2D eigenvalue weighted by molar-refractivity contribution is 0.0611. The van der Waals surface area contributed by atoms with E-state index in [9.17, 15) is 8.42 Å². The van der Waals surface area contributed by atoms with Crippen molar-refractivity contribution in [2.75, 3.05) is 20.3 Å². The van der Waals surface area contributed by atoms with Crippen LogP contribution in [0.3, 0.4) is 0 Å². The van der Waals surface area contributed by atoms with Crippen molar-refractivity contribution in [3.63, 3.8) is 0 Å². The van der Waals surface area contributed by atoms with E-state index in [2.05, 4.69) is 30.3 Å². The molecular weight excluding hydrogens is 438 g/mol. The van der Waals surface area contributed by atoms with Gasteiger partial charge in [-0.1, -0.05) is 26.8 Å². The summed E-state index contributed by atoms with van der Waals surface area (Å²) in [6, 6.07) is 8.50. The molecule has 1 fully saturated rings. The highest BCUT2D eigenvalue weighted by Crippen LogP contribution is 2.31. The normalized spacial score (nSPS) is 16.9. The molecule has 1 aliphatic heterocycles. The predicted octanol–water partition coefficient (Wildman–Crippen LogP) is 4.70. The van der Waals surface area contributed by atoms with E-state index in [-0.39, 0.29) is 21.4 Å². The summed E-state index contributed by atoms with van der Waals surface area (Å²) in [7, 11) is -2.15. The summed E-state index contributed by atoms with van der Waals surface area (Å²) in [5, 5.41) is 0.0200. The third-order valence-electron chi connectivity index (χ3n) is 6.34. The van der Waals surface area contributed by atoms with Crippen molar-refractivity contribution in [3.8, 4) is 0 Å². The van der Waals surface area contributed by atoms with Crippen LogP contribution in [0.5, 0.6) is 0 Å². The molecule has 178 valence electrons. The first-order valence-corrected chi connectivity index (χ1v) is 12.9. The molecule has 1 saturated heterocycles. The Morgan fingerprint density at radius 3 is 2.52 bits per heavy atom. The Morgan fingerprint density at radius 1 is 1.18 bits per heavy atom. The lowest BCUT2D eigenvalue weighted by Crippen LogP contribution is -2.25. The van der Waals surface area contributed by atoms with E-state index >= 15 is 0 Å². The zero-order valence-corrected chi connectivity index (χ0v) is 20.9. The van der Waals surface area contributed by atoms with Gasteiger partial charge in [0.15, 0.2) is 5.03 Å². The van der Waals surface area contributed by atoms with Crippen molar-refractivity contribution >= 4 is 20.9 Å². The average molecular weight is 472 g/mol. The Hall–Kier alpha value is -2.29. The second-order valence-corrected chi connectivity index (χ2v) is 11.7. The molecule has 8 heteroatoms. The van der Waals surface area contributed by atoms with E-state index in [0.29, 0.717) is 11.4 Å². The summed E-state index contributed by atoms with van der Waals surface area (Å²) in [6.07, 6.45) is 3.46. The molecule has 2 aromatic heterocycles. The van der Waals surface area contributed by atoms with Crippen LogP contribution in [-0.2, 0) is 31.3 Å². The fourth-order valence-corrected chi connectivity index (χ4v) is 5.46. The van der Waals surface area contributed by atoms with E-state index in [0.717, 1.165) is 49.5 Å². The van der Waals surface area contributed by atoms with Crippen molar-refractivity contribution in [1.29, 1.82) is 0 Å². The van der Waals surface area contributed by atoms with Crippen molar-refractivity contribution < 1.29 is 17.9 Å². The van der Waals surface area contributed by atoms with E-state index < -0.39 is 9.84 Å². The van der Waals surface area contributed by atoms with Gasteiger partial charge in [0.25, 0.3) is 0 Å². The number of rotatable bonds is 6. The van der Waals surface area contributed by atoms with Crippen molar-refractivity contribution in [2.45, 2.75) is 68.5 Å². The van der Waals surface area contributed by atoms with Crippen LogP contribution in [0.4, 0.5) is 0 Å². The molecule has 7 nitrogen and oxygen atoms in total. The van der Waals surface area contributed by atoms with Gasteiger partial charge in [-0.2, -0.15) is 0 Å². The van der Waals surface area contributed by atoms with Crippen LogP contribution in [-0.4, -0.2) is 43.3 Å². The largest absolute Gasteiger partial charge is 0.381 e. The second-order valence-electron chi connectivity index (χ2n) is 9.81. The molecule has 1 aliphatic rings. The number of aromatic nitrogens is 3. The summed E-state index contributed by atoms with van der Waals surface area (Å²) >= 11 is 0. The third kappa shape index (κ3) is 4.83. The number of nitrogens with zero attached hydrogens (tertiary/aromatic N) is 3. The SMILES string of the molecule is COC(C)c1ccc(S(=O)(=O)c2ccc3c(c2)nc(C(C)(C)C)n3CC2CCOCC2)nc1. The monoisotopic (exact) mass is 471 g/mol. The van der Waals surface area contributed by atoms with E-state index in [4.69, 9.17) is 14.5 Å². The van der Waals surface area contributed by atoms with Gasteiger partial charge in [0.1, 0.15) is 5.82 Å². The highest BCUT2D eigenvalue weighted by Gasteiger charge is 2.27. The standard InChI is InChI=1S/C25H33N3O4S/c1-17(31-5)19-6-9-23(26-15-19)33(29,30)20-7-8-22-21(14-20)27-24(25(2,3)4)28(22)16-18-10-12-32-13-11-18/h6-9,14-15,17-18H,10-13,16H2,1-5H3. The Bertz CT molecular complexity index is 1220. The molecule has 1 unspecified atom stereocenters. The Balaban J connectivity index is 1.73. The van der Waals surface area contributed by atoms with E-state index in [1.807, 2.05) is 13.0 Å². The minimum absolute atomic E-state index is 0.0200. The van der Waals surface area contributed by atoms with Gasteiger partial charge in [0, 0.05) is 38.5 Å². The molecule has 0 spiro atoms. The quantitative estimate of drug-likeness (QED) is 0.518. The molecular formula is C25H33N3O4S. The smallest absolute Gasteiger partial charge is 0.223 e. The van der Waals surface area contributed by atoms with Gasteiger partial charge >= 0.3 is 0 Å². The maximum Gasteiger partial charge on any atom is 0.223 e. The summed E-state index contributed by atoms with van der Waals surface area (Å²) < 4.78 is 39.7. The van der Waals surface area contributed by atoms with Crippen LogP contribution in [0, 0.1) is 5.92 Å². The summed E-state index contributed by atoms with van der Waals surface area (Å²) in [5.41, 5.74) is 2.31. The molecule has 0 radical (unpaired) electrons. The number of hydrogen-bond acceptors (Lipinski definition) is 6. The number of pyridine rings is 1. The molecule has 0 bridgehead atoms. The third-order valence-corrected chi connectivity index (χ3v) is 8.01. The van der Waals surface area contributed by atoms with Gasteiger partial charge in [-0.25, -0.2) is 18.4 Å². The van der Waals surface area contributed by atoms with Crippen LogP contribution in [0.2, 0.25) is 0 Å². The number of sulfone groups is 1. The zero-order valence-electron chi connectivity index (χ0n) is 20.0. The van der Waals surface area contributed by atoms with Crippen molar-refractivity contribution in [2.24, 2.45) is 5.92 Å². The maximum atomic E-state index is 13.3. The van der Waals surface area contributed by atoms with Gasteiger partial charge in [0.05, 0.1) is 22.0 Å². The van der Waals surface area contributed by atoms with Crippen LogP contribution < -0.4 is 0 Å². The molecule has 1 atom stereocenters. The fraction of sp³-hybridized carbons (Fsp3) is 0.520. The molecule has 0 aliphatic carbocycles. The van der Waals surface area contributed by atoms with Crippen LogP contribution in [0.15, 0.2) is 46.5 Å². The molecule has 3 aromatic rings. The van der Waals surface area contributed by atoms with Gasteiger partial charge in [-0.3, -0.25) is 0 Å². The van der Waals surface area contributed by atoms with Crippen molar-refractivity contribution in [1.82, 2.24) is 14.5 Å². The molecule has 0 N–H and O–H groups in total. The minimum atomic E-state index is -3.76.